The van der Waals surface area contributed by atoms with Crippen LogP contribution in [-0.4, -0.2) is 18.2 Å². The fourth-order valence-electron chi connectivity index (χ4n) is 0.268. The van der Waals surface area contributed by atoms with Gasteiger partial charge < -0.3 is 5.32 Å². The molecule has 0 aliphatic rings. The fourth-order valence-corrected chi connectivity index (χ4v) is 0.268. The lowest BCUT2D eigenvalue weighted by Crippen LogP contribution is -2.34. The van der Waals surface area contributed by atoms with Gasteiger partial charge in [-0.1, -0.05) is 0 Å². The van der Waals surface area contributed by atoms with Crippen LogP contribution in [0.3, 0.4) is 0 Å². The van der Waals surface area contributed by atoms with Crippen LogP contribution in [0.25, 0.3) is 0 Å². The SMILES string of the molecule is CC(C)(C)N/C=N\C=N. The van der Waals surface area contributed by atoms with Crippen molar-refractivity contribution in [2.24, 2.45) is 4.99 Å². The number of hydrogen-bond acceptors (Lipinski definition) is 1. The Morgan fingerprint density at radius 2 is 2.00 bits per heavy atom. The molecule has 0 heterocycles. The van der Waals surface area contributed by atoms with Crippen molar-refractivity contribution in [3.05, 3.63) is 0 Å². The van der Waals surface area contributed by atoms with Gasteiger partial charge >= 0.3 is 0 Å². The predicted molar refractivity (Wildman–Crippen MR) is 40.2 cm³/mol. The summed E-state index contributed by atoms with van der Waals surface area (Å²) in [5.74, 6) is 0. The summed E-state index contributed by atoms with van der Waals surface area (Å²) in [5, 5.41) is 9.53. The minimum absolute atomic E-state index is 0.0481. The third-order valence-electron chi connectivity index (χ3n) is 0.647. The smallest absolute Gasteiger partial charge is 0.108 e. The van der Waals surface area contributed by atoms with Gasteiger partial charge in [0, 0.05) is 5.54 Å². The van der Waals surface area contributed by atoms with Gasteiger partial charge in [-0.2, -0.15) is 0 Å². The first-order valence-electron chi connectivity index (χ1n) is 2.84. The van der Waals surface area contributed by atoms with E-state index in [2.05, 4.69) is 10.3 Å². The van der Waals surface area contributed by atoms with Gasteiger partial charge in [0.05, 0.1) is 6.34 Å². The Morgan fingerprint density at radius 1 is 1.44 bits per heavy atom. The molecule has 0 saturated heterocycles. The zero-order valence-electron chi connectivity index (χ0n) is 6.10. The molecule has 0 spiro atoms. The van der Waals surface area contributed by atoms with E-state index in [1.54, 1.807) is 0 Å². The minimum Gasteiger partial charge on any atom is -0.371 e. The first kappa shape index (κ1) is 8.14. The number of hydrogen-bond donors (Lipinski definition) is 2. The number of aliphatic imine (C=N–C) groups is 1. The van der Waals surface area contributed by atoms with Gasteiger partial charge in [0.1, 0.15) is 6.34 Å². The minimum atomic E-state index is 0.0481. The molecule has 0 aromatic rings. The second-order valence-electron chi connectivity index (χ2n) is 2.80. The van der Waals surface area contributed by atoms with Crippen LogP contribution in [0, 0.1) is 5.41 Å². The lowest BCUT2D eigenvalue weighted by atomic mass is 10.1. The van der Waals surface area contributed by atoms with Gasteiger partial charge in [-0.15, -0.1) is 0 Å². The monoisotopic (exact) mass is 127 g/mol. The van der Waals surface area contributed by atoms with E-state index in [1.165, 1.54) is 6.34 Å². The van der Waals surface area contributed by atoms with Crippen LogP contribution in [0.5, 0.6) is 0 Å². The highest BCUT2D eigenvalue weighted by Gasteiger charge is 2.04. The Kier molecular flexibility index (Phi) is 2.91. The van der Waals surface area contributed by atoms with Gasteiger partial charge in [-0.25, -0.2) is 4.99 Å². The number of rotatable bonds is 2. The van der Waals surface area contributed by atoms with Crippen molar-refractivity contribution in [3.63, 3.8) is 0 Å². The molecule has 0 amide bonds. The van der Waals surface area contributed by atoms with Crippen molar-refractivity contribution in [1.29, 1.82) is 5.41 Å². The molecule has 3 nitrogen and oxygen atoms in total. The Balaban J connectivity index is 3.50. The van der Waals surface area contributed by atoms with Crippen molar-refractivity contribution in [3.8, 4) is 0 Å². The molecule has 0 aromatic heterocycles. The molecule has 0 aliphatic carbocycles. The molecule has 3 heteroatoms. The van der Waals surface area contributed by atoms with Gasteiger partial charge in [-0.3, -0.25) is 5.41 Å². The lowest BCUT2D eigenvalue weighted by Gasteiger charge is -2.17. The van der Waals surface area contributed by atoms with E-state index < -0.39 is 0 Å². The summed E-state index contributed by atoms with van der Waals surface area (Å²) in [6.45, 7) is 6.09. The van der Waals surface area contributed by atoms with Gasteiger partial charge in [-0.05, 0) is 20.8 Å². The van der Waals surface area contributed by atoms with Crippen LogP contribution in [0.1, 0.15) is 20.8 Å². The maximum absolute atomic E-state index is 6.55. The molecule has 0 rings (SSSR count). The topological polar surface area (TPSA) is 48.2 Å². The summed E-state index contributed by atoms with van der Waals surface area (Å²) in [7, 11) is 0. The van der Waals surface area contributed by atoms with E-state index in [-0.39, 0.29) is 5.54 Å². The van der Waals surface area contributed by atoms with Crippen molar-refractivity contribution in [2.75, 3.05) is 0 Å². The van der Waals surface area contributed by atoms with Gasteiger partial charge in [0.2, 0.25) is 0 Å². The summed E-state index contributed by atoms with van der Waals surface area (Å²) < 4.78 is 0. The Morgan fingerprint density at radius 3 is 2.33 bits per heavy atom. The third kappa shape index (κ3) is 7.14. The zero-order valence-corrected chi connectivity index (χ0v) is 6.10. The maximum Gasteiger partial charge on any atom is 0.108 e. The normalized spacial score (nSPS) is 11.9. The number of nitrogens with zero attached hydrogens (tertiary/aromatic N) is 1. The van der Waals surface area contributed by atoms with Crippen molar-refractivity contribution in [1.82, 2.24) is 5.32 Å². The molecule has 0 radical (unpaired) electrons. The van der Waals surface area contributed by atoms with Gasteiger partial charge in [0.25, 0.3) is 0 Å². The molecule has 0 atom stereocenters. The quantitative estimate of drug-likeness (QED) is 0.422. The molecule has 0 aromatic carbocycles. The van der Waals surface area contributed by atoms with Crippen LogP contribution >= 0.6 is 0 Å². The molecular formula is C6H13N3. The number of nitrogens with one attached hydrogen (secondary N) is 2. The van der Waals surface area contributed by atoms with Crippen molar-refractivity contribution < 1.29 is 0 Å². The van der Waals surface area contributed by atoms with Crippen molar-refractivity contribution in [2.45, 2.75) is 26.3 Å². The van der Waals surface area contributed by atoms with Crippen LogP contribution in [0.2, 0.25) is 0 Å². The van der Waals surface area contributed by atoms with E-state index in [4.69, 9.17) is 5.41 Å². The highest BCUT2D eigenvalue weighted by molar-refractivity contribution is 5.69. The Hall–Kier alpha value is -0.860. The molecule has 2 N–H and O–H groups in total. The summed E-state index contributed by atoms with van der Waals surface area (Å²) in [4.78, 5) is 3.56. The molecule has 9 heavy (non-hydrogen) atoms. The molecule has 0 aliphatic heterocycles. The molecule has 52 valence electrons. The predicted octanol–water partition coefficient (Wildman–Crippen LogP) is 1.01. The van der Waals surface area contributed by atoms with E-state index in [1.807, 2.05) is 20.8 Å². The molecule has 0 unspecified atom stereocenters. The van der Waals surface area contributed by atoms with E-state index >= 15 is 0 Å². The van der Waals surface area contributed by atoms with Crippen LogP contribution in [0.15, 0.2) is 4.99 Å². The Labute approximate surface area is 55.7 Å². The summed E-state index contributed by atoms with van der Waals surface area (Å²) in [6.07, 6.45) is 2.52. The Bertz CT molecular complexity index is 110. The third-order valence-corrected chi connectivity index (χ3v) is 0.647. The largest absolute Gasteiger partial charge is 0.371 e. The average Bonchev–Trinajstić information content (AvgIpc) is 1.63. The second kappa shape index (κ2) is 3.22. The molecular weight excluding hydrogens is 114 g/mol. The highest BCUT2D eigenvalue weighted by atomic mass is 15.0. The molecule has 0 saturated carbocycles. The van der Waals surface area contributed by atoms with E-state index in [0.717, 1.165) is 6.34 Å². The lowest BCUT2D eigenvalue weighted by molar-refractivity contribution is 0.518. The van der Waals surface area contributed by atoms with Crippen LogP contribution in [0.4, 0.5) is 0 Å². The van der Waals surface area contributed by atoms with E-state index in [9.17, 15) is 0 Å². The summed E-state index contributed by atoms with van der Waals surface area (Å²) in [5.41, 5.74) is 0.0481. The first-order valence-corrected chi connectivity index (χ1v) is 2.84. The summed E-state index contributed by atoms with van der Waals surface area (Å²) in [6, 6.07) is 0. The van der Waals surface area contributed by atoms with Gasteiger partial charge in [0.15, 0.2) is 0 Å². The molecule has 0 fully saturated rings. The van der Waals surface area contributed by atoms with Crippen molar-refractivity contribution >= 4 is 12.7 Å². The second-order valence-corrected chi connectivity index (χ2v) is 2.80. The van der Waals surface area contributed by atoms with Crippen LogP contribution < -0.4 is 5.32 Å². The molecule has 0 bridgehead atoms. The average molecular weight is 127 g/mol. The van der Waals surface area contributed by atoms with Crippen LogP contribution in [-0.2, 0) is 0 Å². The standard InChI is InChI=1S/C6H13N3/c1-6(2,3)9-5-8-4-7/h4-5H,1-3H3,(H2,7,8,9). The fraction of sp³-hybridized carbons (Fsp3) is 0.667. The highest BCUT2D eigenvalue weighted by Crippen LogP contribution is 1.94. The first-order chi connectivity index (χ1) is 4.06. The zero-order chi connectivity index (χ0) is 7.33. The summed E-state index contributed by atoms with van der Waals surface area (Å²) >= 11 is 0. The maximum atomic E-state index is 6.55. The van der Waals surface area contributed by atoms with E-state index in [0.29, 0.717) is 0 Å².